The Morgan fingerprint density at radius 1 is 0.714 bits per heavy atom. The van der Waals surface area contributed by atoms with Gasteiger partial charge in [0.2, 0.25) is 0 Å². The summed E-state index contributed by atoms with van der Waals surface area (Å²) in [7, 11) is 0. The molecule has 6 rings (SSSR count). The number of ketones is 1. The fourth-order valence-corrected chi connectivity index (χ4v) is 8.96. The number of ether oxygens (including phenoxy) is 1. The van der Waals surface area contributed by atoms with Crippen LogP contribution in [0, 0.1) is 32.1 Å². The fourth-order valence-electron chi connectivity index (χ4n) is 6.03. The second-order valence-electron chi connectivity index (χ2n) is 11.0. The van der Waals surface area contributed by atoms with Gasteiger partial charge in [-0.1, -0.05) is 46.4 Å². The molecule has 0 radical (unpaired) electrons. The molecule has 0 unspecified atom stereocenters. The number of benzene rings is 3. The van der Waals surface area contributed by atoms with Crippen molar-refractivity contribution in [3.05, 3.63) is 114 Å². The number of halogens is 6. The Morgan fingerprint density at radius 3 is 1.53 bits per heavy atom. The summed E-state index contributed by atoms with van der Waals surface area (Å²) >= 11 is 39.5. The first-order chi connectivity index (χ1) is 23.0. The lowest BCUT2D eigenvalue weighted by Crippen LogP contribution is -2.56. The molecule has 2 fully saturated rings. The normalized spacial score (nSPS) is 25.0. The minimum atomic E-state index is -2.24. The number of nitro groups is 2. The summed E-state index contributed by atoms with van der Waals surface area (Å²) < 4.78 is 3.42. The second-order valence-corrected chi connectivity index (χ2v) is 14.3. The van der Waals surface area contributed by atoms with Crippen LogP contribution in [0.4, 0.5) is 11.4 Å². The number of hydrogen-bond acceptors (Lipinski definition) is 9. The topological polar surface area (TPSA) is 170 Å². The van der Waals surface area contributed by atoms with E-state index in [-0.39, 0.29) is 44.1 Å². The second kappa shape index (κ2) is 12.1. The van der Waals surface area contributed by atoms with Crippen LogP contribution < -0.4 is 4.74 Å². The van der Waals surface area contributed by atoms with Crippen molar-refractivity contribution in [3.63, 3.8) is 0 Å². The average Bonchev–Trinajstić information content (AvgIpc) is 3.46. The highest BCUT2D eigenvalue weighted by atomic mass is 35.5. The van der Waals surface area contributed by atoms with Crippen LogP contribution in [0.2, 0.25) is 0 Å². The molecule has 2 aliphatic carbocycles. The lowest BCUT2D eigenvalue weighted by Gasteiger charge is -2.36. The molecular weight excluding hydrogens is 773 g/mol. The molecule has 252 valence electrons. The Balaban J connectivity index is 1.32. The number of alkyl halides is 4. The van der Waals surface area contributed by atoms with Gasteiger partial charge in [0.15, 0.2) is 10.1 Å². The molecular formula is C30H16Cl6N4O9. The summed E-state index contributed by atoms with van der Waals surface area (Å²) in [5.74, 6) is -6.70. The summed E-state index contributed by atoms with van der Waals surface area (Å²) in [5.41, 5.74) is -0.682. The van der Waals surface area contributed by atoms with Crippen molar-refractivity contribution in [2.45, 2.75) is 14.1 Å². The summed E-state index contributed by atoms with van der Waals surface area (Å²) in [6, 6.07) is 15.0. The van der Waals surface area contributed by atoms with E-state index in [1.54, 1.807) is 0 Å². The summed E-state index contributed by atoms with van der Waals surface area (Å²) in [5, 5.41) is 22.3. The molecule has 3 aliphatic rings. The van der Waals surface area contributed by atoms with Crippen molar-refractivity contribution in [2.75, 3.05) is 6.54 Å². The first-order valence-corrected chi connectivity index (χ1v) is 16.0. The summed E-state index contributed by atoms with van der Waals surface area (Å²) in [6.45, 7) is -0.887. The van der Waals surface area contributed by atoms with Gasteiger partial charge in [-0.05, 0) is 48.5 Å². The van der Waals surface area contributed by atoms with E-state index in [1.165, 1.54) is 48.5 Å². The van der Waals surface area contributed by atoms with E-state index in [4.69, 9.17) is 74.3 Å². The fraction of sp³-hybridized carbons (Fsp3) is 0.200. The maximum Gasteiger partial charge on any atom is 0.273 e. The highest BCUT2D eigenvalue weighted by Gasteiger charge is 2.88. The molecule has 0 N–H and O–H groups in total. The minimum Gasteiger partial charge on any atom is -0.457 e. The Bertz CT molecular complexity index is 1960. The first-order valence-electron chi connectivity index (χ1n) is 13.8. The van der Waals surface area contributed by atoms with E-state index in [2.05, 4.69) is 0 Å². The lowest BCUT2D eigenvalue weighted by atomic mass is 9.84. The minimum absolute atomic E-state index is 0.0211. The first kappa shape index (κ1) is 34.9. The van der Waals surface area contributed by atoms with Crippen LogP contribution in [-0.2, 0) is 9.59 Å². The third-order valence-electron chi connectivity index (χ3n) is 8.44. The molecule has 3 aromatic carbocycles. The summed E-state index contributed by atoms with van der Waals surface area (Å²) in [4.78, 5) is 72.1. The molecule has 2 bridgehead atoms. The van der Waals surface area contributed by atoms with Crippen molar-refractivity contribution in [3.8, 4) is 11.5 Å². The number of nitro benzene ring substituents is 2. The molecule has 1 aliphatic heterocycles. The number of fused-ring (bicyclic) bond motifs is 5. The van der Waals surface area contributed by atoms with E-state index in [9.17, 15) is 39.4 Å². The number of hydrazine groups is 1. The highest BCUT2D eigenvalue weighted by molar-refractivity contribution is 6.66. The van der Waals surface area contributed by atoms with Crippen molar-refractivity contribution < 1.29 is 33.8 Å². The van der Waals surface area contributed by atoms with Gasteiger partial charge >= 0.3 is 0 Å². The van der Waals surface area contributed by atoms with E-state index >= 15 is 0 Å². The smallest absolute Gasteiger partial charge is 0.273 e. The Labute approximate surface area is 305 Å². The van der Waals surface area contributed by atoms with Crippen LogP contribution in [0.15, 0.2) is 82.9 Å². The third kappa shape index (κ3) is 5.05. The largest absolute Gasteiger partial charge is 0.457 e. The number of non-ortho nitro benzene ring substituents is 2. The Morgan fingerprint density at radius 2 is 1.10 bits per heavy atom. The van der Waals surface area contributed by atoms with Crippen LogP contribution in [0.5, 0.6) is 11.5 Å². The predicted molar refractivity (Wildman–Crippen MR) is 177 cm³/mol. The van der Waals surface area contributed by atoms with Gasteiger partial charge in [0.1, 0.15) is 27.8 Å². The molecule has 1 saturated carbocycles. The lowest BCUT2D eigenvalue weighted by molar-refractivity contribution is -0.385. The zero-order valence-corrected chi connectivity index (χ0v) is 28.6. The molecule has 4 atom stereocenters. The number of hydrogen-bond donors (Lipinski definition) is 0. The standard InChI is InChI=1S/C30H16Cl6N4O9/c31-23-24(32)29(34)22-21(28(23,33)30(29,35)36)26(43)38(27(22)44)37(25(42)15-1-5-16(6-2-15)39(45)46)13-20(41)14-3-9-18(10-4-14)49-19-11-7-17(8-12-19)40(47)48/h1-12,21-22H,13H2/t21-,22+,28-,29-/m1/s1. The number of carbonyl (C=O) groups excluding carboxylic acids is 4. The highest BCUT2D eigenvalue weighted by Crippen LogP contribution is 2.77. The molecule has 49 heavy (non-hydrogen) atoms. The van der Waals surface area contributed by atoms with Crippen molar-refractivity contribution >= 4 is 104 Å². The van der Waals surface area contributed by atoms with Gasteiger partial charge in [0.25, 0.3) is 29.1 Å². The van der Waals surface area contributed by atoms with Crippen LogP contribution in [0.25, 0.3) is 0 Å². The number of allylic oxidation sites excluding steroid dienone is 2. The Hall–Kier alpha value is -3.98. The van der Waals surface area contributed by atoms with Gasteiger partial charge in [-0.15, -0.1) is 23.2 Å². The third-order valence-corrected chi connectivity index (χ3v) is 12.7. The molecule has 3 amide bonds. The number of Topliss-reactive ketones (excluding diaryl/α,β-unsaturated/α-hetero) is 1. The van der Waals surface area contributed by atoms with Gasteiger partial charge in [-0.25, -0.2) is 5.01 Å². The van der Waals surface area contributed by atoms with Crippen molar-refractivity contribution in [2.24, 2.45) is 11.8 Å². The zero-order chi connectivity index (χ0) is 35.8. The van der Waals surface area contributed by atoms with E-state index in [1.807, 2.05) is 0 Å². The molecule has 1 heterocycles. The van der Waals surface area contributed by atoms with E-state index < -0.39 is 65.8 Å². The maximum atomic E-state index is 14.1. The van der Waals surface area contributed by atoms with Crippen LogP contribution in [0.3, 0.4) is 0 Å². The number of amides is 3. The van der Waals surface area contributed by atoms with Gasteiger partial charge in [0.05, 0.1) is 31.7 Å². The van der Waals surface area contributed by atoms with Gasteiger partial charge in [-0.2, -0.15) is 5.01 Å². The molecule has 3 aromatic rings. The van der Waals surface area contributed by atoms with Gasteiger partial charge in [0, 0.05) is 35.4 Å². The van der Waals surface area contributed by atoms with Gasteiger partial charge in [-0.3, -0.25) is 39.4 Å². The quantitative estimate of drug-likeness (QED) is 0.0730. The van der Waals surface area contributed by atoms with Crippen molar-refractivity contribution in [1.29, 1.82) is 0 Å². The molecule has 0 spiro atoms. The molecule has 1 saturated heterocycles. The maximum absolute atomic E-state index is 14.1. The monoisotopic (exact) mass is 786 g/mol. The van der Waals surface area contributed by atoms with E-state index in [0.717, 1.165) is 24.3 Å². The number of nitrogens with zero attached hydrogens (tertiary/aromatic N) is 4. The Kier molecular flexibility index (Phi) is 8.62. The number of rotatable bonds is 9. The van der Waals surface area contributed by atoms with Crippen molar-refractivity contribution in [1.82, 2.24) is 10.0 Å². The molecule has 13 nitrogen and oxygen atoms in total. The average molecular weight is 789 g/mol. The van der Waals surface area contributed by atoms with Crippen LogP contribution in [-0.4, -0.2) is 64.0 Å². The summed E-state index contributed by atoms with van der Waals surface area (Å²) in [6.07, 6.45) is 0. The van der Waals surface area contributed by atoms with Gasteiger partial charge < -0.3 is 4.74 Å². The molecule has 19 heteroatoms. The van der Waals surface area contributed by atoms with Crippen LogP contribution in [0.1, 0.15) is 20.7 Å². The van der Waals surface area contributed by atoms with Crippen LogP contribution >= 0.6 is 69.6 Å². The number of imide groups is 1. The van der Waals surface area contributed by atoms with E-state index in [0.29, 0.717) is 10.0 Å². The molecule has 0 aromatic heterocycles. The number of carbonyl (C=O) groups is 4. The zero-order valence-electron chi connectivity index (χ0n) is 24.0. The predicted octanol–water partition coefficient (Wildman–Crippen LogP) is 6.98. The SMILES string of the molecule is O=C(CN(C(=O)c1ccc([N+](=O)[O-])cc1)N1C(=O)[C@@H]2[C@H](C1=O)[C@@]1(Cl)C(Cl)=C(Cl)[C@@]2(Cl)C1(Cl)Cl)c1ccc(Oc2ccc([N+](=O)[O-])cc2)cc1.